The van der Waals surface area contributed by atoms with E-state index in [-0.39, 0.29) is 12.4 Å². The first-order valence-corrected chi connectivity index (χ1v) is 8.84. The van der Waals surface area contributed by atoms with Crippen molar-refractivity contribution in [1.29, 1.82) is 0 Å². The molecule has 2 rings (SSSR count). The average Bonchev–Trinajstić information content (AvgIpc) is 2.60. The predicted molar refractivity (Wildman–Crippen MR) is 103 cm³/mol. The summed E-state index contributed by atoms with van der Waals surface area (Å²) >= 11 is 0. The number of nitrogens with zero attached hydrogens (tertiary/aromatic N) is 3. The van der Waals surface area contributed by atoms with Gasteiger partial charge in [-0.25, -0.2) is 4.98 Å². The minimum atomic E-state index is 0. The zero-order valence-electron chi connectivity index (χ0n) is 15.3. The Balaban J connectivity index is 0.00000288. The van der Waals surface area contributed by atoms with Crippen LogP contribution in [0.2, 0.25) is 0 Å². The molecule has 1 aromatic rings. The van der Waals surface area contributed by atoms with E-state index in [4.69, 9.17) is 4.74 Å². The van der Waals surface area contributed by atoms with Crippen LogP contribution in [-0.4, -0.2) is 62.9 Å². The van der Waals surface area contributed by atoms with Crippen LogP contribution in [0.25, 0.3) is 0 Å². The summed E-state index contributed by atoms with van der Waals surface area (Å²) in [6, 6.07) is 5.05. The highest BCUT2D eigenvalue weighted by Crippen LogP contribution is 2.17. The van der Waals surface area contributed by atoms with Crippen molar-refractivity contribution >= 4 is 18.2 Å². The summed E-state index contributed by atoms with van der Waals surface area (Å²) in [5.41, 5.74) is 1.31. The molecule has 0 unspecified atom stereocenters. The molecule has 1 saturated heterocycles. The number of hydrogen-bond donors (Lipinski definition) is 1. The molecule has 138 valence electrons. The number of piperidine rings is 1. The number of ether oxygens (including phenoxy) is 1. The molecular weight excluding hydrogens is 324 g/mol. The zero-order chi connectivity index (χ0) is 16.5. The Bertz CT molecular complexity index is 437. The second-order valence-electron chi connectivity index (χ2n) is 6.39. The number of aromatic nitrogens is 1. The lowest BCUT2D eigenvalue weighted by molar-refractivity contribution is 0.154. The molecule has 1 N–H and O–H groups in total. The van der Waals surface area contributed by atoms with E-state index < -0.39 is 0 Å². The molecular formula is C18H33ClN4O. The normalized spacial score (nSPS) is 15.3. The van der Waals surface area contributed by atoms with E-state index in [9.17, 15) is 0 Å². The molecule has 1 aliphatic heterocycles. The molecule has 0 radical (unpaired) electrons. The van der Waals surface area contributed by atoms with Gasteiger partial charge in [-0.2, -0.15) is 0 Å². The first-order valence-electron chi connectivity index (χ1n) is 8.84. The summed E-state index contributed by atoms with van der Waals surface area (Å²) in [6.07, 6.45) is 5.74. The number of methoxy groups -OCH3 is 1. The van der Waals surface area contributed by atoms with Crippen LogP contribution >= 0.6 is 12.4 Å². The molecule has 0 amide bonds. The maximum absolute atomic E-state index is 5.12. The van der Waals surface area contributed by atoms with Crippen molar-refractivity contribution in [3.05, 3.63) is 23.9 Å². The van der Waals surface area contributed by atoms with Crippen LogP contribution in [0.5, 0.6) is 0 Å². The van der Waals surface area contributed by atoms with E-state index >= 15 is 0 Å². The van der Waals surface area contributed by atoms with Gasteiger partial charge < -0.3 is 15.0 Å². The van der Waals surface area contributed by atoms with Crippen LogP contribution in [0.4, 0.5) is 5.82 Å². The summed E-state index contributed by atoms with van der Waals surface area (Å²) < 4.78 is 5.12. The molecule has 1 fully saturated rings. The number of likely N-dealkylation sites (N-methyl/N-ethyl adjacent to an activating group) is 1. The first kappa shape index (κ1) is 21.2. The molecule has 0 spiro atoms. The largest absolute Gasteiger partial charge is 0.383 e. The zero-order valence-corrected chi connectivity index (χ0v) is 16.1. The molecule has 0 aromatic carbocycles. The standard InChI is InChI=1S/C18H32N4O.ClH/c1-4-11-22(17-7-9-19-10-8-17)15-16-5-6-18(20-14-16)21(2)12-13-23-3;/h5-6,14,17,19H,4,7-13,15H2,1-3H3;1H. The molecule has 6 heteroatoms. The number of halogens is 1. The SMILES string of the molecule is CCCN(Cc1ccc(N(C)CCOC)nc1)C1CCNCC1.Cl. The van der Waals surface area contributed by atoms with Crippen LogP contribution in [-0.2, 0) is 11.3 Å². The Morgan fingerprint density at radius 2 is 2.00 bits per heavy atom. The lowest BCUT2D eigenvalue weighted by Crippen LogP contribution is -2.43. The van der Waals surface area contributed by atoms with Gasteiger partial charge in [0.25, 0.3) is 0 Å². The predicted octanol–water partition coefficient (Wildman–Crippen LogP) is 2.55. The van der Waals surface area contributed by atoms with Crippen molar-refractivity contribution in [2.45, 2.75) is 38.8 Å². The molecule has 1 aromatic heterocycles. The summed E-state index contributed by atoms with van der Waals surface area (Å²) in [7, 11) is 3.78. The third-order valence-electron chi connectivity index (χ3n) is 4.55. The highest BCUT2D eigenvalue weighted by atomic mass is 35.5. The topological polar surface area (TPSA) is 40.6 Å². The smallest absolute Gasteiger partial charge is 0.128 e. The van der Waals surface area contributed by atoms with Gasteiger partial charge in [-0.1, -0.05) is 13.0 Å². The monoisotopic (exact) mass is 356 g/mol. The molecule has 0 aliphatic carbocycles. The van der Waals surface area contributed by atoms with Gasteiger partial charge in [0.2, 0.25) is 0 Å². The fourth-order valence-electron chi connectivity index (χ4n) is 3.16. The fourth-order valence-corrected chi connectivity index (χ4v) is 3.16. The average molecular weight is 357 g/mol. The fraction of sp³-hybridized carbons (Fsp3) is 0.722. The quantitative estimate of drug-likeness (QED) is 0.736. The number of pyridine rings is 1. The van der Waals surface area contributed by atoms with E-state index in [2.05, 4.69) is 46.2 Å². The Morgan fingerprint density at radius 3 is 2.58 bits per heavy atom. The van der Waals surface area contributed by atoms with E-state index in [1.807, 2.05) is 6.20 Å². The Morgan fingerprint density at radius 1 is 1.25 bits per heavy atom. The molecule has 2 heterocycles. The summed E-state index contributed by atoms with van der Waals surface area (Å²) in [5, 5.41) is 3.46. The van der Waals surface area contributed by atoms with E-state index in [1.165, 1.54) is 31.4 Å². The minimum absolute atomic E-state index is 0. The van der Waals surface area contributed by atoms with Crippen molar-refractivity contribution in [3.8, 4) is 0 Å². The number of rotatable bonds is 9. The van der Waals surface area contributed by atoms with Crippen molar-refractivity contribution < 1.29 is 4.74 Å². The summed E-state index contributed by atoms with van der Waals surface area (Å²) in [6.45, 7) is 8.31. The van der Waals surface area contributed by atoms with Crippen LogP contribution in [0.1, 0.15) is 31.7 Å². The van der Waals surface area contributed by atoms with Gasteiger partial charge in [0.05, 0.1) is 6.61 Å². The van der Waals surface area contributed by atoms with Gasteiger partial charge in [-0.15, -0.1) is 12.4 Å². The Kier molecular flexibility index (Phi) is 10.3. The first-order chi connectivity index (χ1) is 11.2. The summed E-state index contributed by atoms with van der Waals surface area (Å²) in [5.74, 6) is 1.01. The third kappa shape index (κ3) is 6.55. The van der Waals surface area contributed by atoms with Gasteiger partial charge in [0.1, 0.15) is 5.82 Å². The number of anilines is 1. The Labute approximate surface area is 153 Å². The molecule has 5 nitrogen and oxygen atoms in total. The van der Waals surface area contributed by atoms with Gasteiger partial charge in [-0.05, 0) is 50.5 Å². The molecule has 0 bridgehead atoms. The maximum atomic E-state index is 5.12. The third-order valence-corrected chi connectivity index (χ3v) is 4.55. The van der Waals surface area contributed by atoms with Gasteiger partial charge >= 0.3 is 0 Å². The minimum Gasteiger partial charge on any atom is -0.383 e. The number of nitrogens with one attached hydrogen (secondary N) is 1. The highest BCUT2D eigenvalue weighted by molar-refractivity contribution is 5.85. The van der Waals surface area contributed by atoms with Crippen LogP contribution in [0.15, 0.2) is 18.3 Å². The van der Waals surface area contributed by atoms with Crippen molar-refractivity contribution in [1.82, 2.24) is 15.2 Å². The van der Waals surface area contributed by atoms with Crippen LogP contribution < -0.4 is 10.2 Å². The molecule has 24 heavy (non-hydrogen) atoms. The maximum Gasteiger partial charge on any atom is 0.128 e. The second-order valence-corrected chi connectivity index (χ2v) is 6.39. The Hall–Kier alpha value is -0.880. The van der Waals surface area contributed by atoms with Crippen molar-refractivity contribution in [3.63, 3.8) is 0 Å². The van der Waals surface area contributed by atoms with E-state index in [1.54, 1.807) is 7.11 Å². The van der Waals surface area contributed by atoms with E-state index in [0.29, 0.717) is 6.04 Å². The molecule has 1 aliphatic rings. The molecule has 0 saturated carbocycles. The van der Waals surface area contributed by atoms with Gasteiger partial charge in [-0.3, -0.25) is 4.90 Å². The molecule has 0 atom stereocenters. The van der Waals surface area contributed by atoms with Gasteiger partial charge in [0.15, 0.2) is 0 Å². The van der Waals surface area contributed by atoms with Gasteiger partial charge in [0, 0.05) is 39.5 Å². The lowest BCUT2D eigenvalue weighted by Gasteiger charge is -2.34. The van der Waals surface area contributed by atoms with Crippen molar-refractivity contribution in [2.24, 2.45) is 0 Å². The van der Waals surface area contributed by atoms with Crippen LogP contribution in [0, 0.1) is 0 Å². The number of hydrogen-bond acceptors (Lipinski definition) is 5. The van der Waals surface area contributed by atoms with Crippen LogP contribution in [0.3, 0.4) is 0 Å². The lowest BCUT2D eigenvalue weighted by atomic mass is 10.0. The highest BCUT2D eigenvalue weighted by Gasteiger charge is 2.20. The van der Waals surface area contributed by atoms with Crippen molar-refractivity contribution in [2.75, 3.05) is 51.8 Å². The van der Waals surface area contributed by atoms with E-state index in [0.717, 1.165) is 38.6 Å². The summed E-state index contributed by atoms with van der Waals surface area (Å²) in [4.78, 5) is 9.38. The second kappa shape index (κ2) is 11.6.